The SMILES string of the molecule is CCCN(CCCOC)C1CC2CCC(C1)N2. The van der Waals surface area contributed by atoms with Crippen molar-refractivity contribution in [1.82, 2.24) is 10.2 Å². The summed E-state index contributed by atoms with van der Waals surface area (Å²) in [5, 5.41) is 3.73. The van der Waals surface area contributed by atoms with Crippen molar-refractivity contribution in [3.8, 4) is 0 Å². The minimum Gasteiger partial charge on any atom is -0.385 e. The average molecular weight is 240 g/mol. The molecule has 0 aliphatic carbocycles. The number of ether oxygens (including phenoxy) is 1. The van der Waals surface area contributed by atoms with Crippen molar-refractivity contribution in [2.75, 3.05) is 26.8 Å². The van der Waals surface area contributed by atoms with Crippen LogP contribution in [0.3, 0.4) is 0 Å². The Morgan fingerprint density at radius 2 is 1.88 bits per heavy atom. The van der Waals surface area contributed by atoms with Crippen molar-refractivity contribution in [2.45, 2.75) is 63.6 Å². The predicted molar refractivity (Wildman–Crippen MR) is 71.3 cm³/mol. The second kappa shape index (κ2) is 6.72. The second-order valence-corrected chi connectivity index (χ2v) is 5.65. The fourth-order valence-corrected chi connectivity index (χ4v) is 3.50. The van der Waals surface area contributed by atoms with Crippen LogP contribution in [0.5, 0.6) is 0 Å². The smallest absolute Gasteiger partial charge is 0.0474 e. The lowest BCUT2D eigenvalue weighted by Crippen LogP contribution is -2.48. The zero-order valence-corrected chi connectivity index (χ0v) is 11.5. The van der Waals surface area contributed by atoms with E-state index in [0.717, 1.165) is 24.7 Å². The molecule has 2 aliphatic rings. The molecule has 2 unspecified atom stereocenters. The third-order valence-electron chi connectivity index (χ3n) is 4.27. The molecule has 0 aromatic heterocycles. The highest BCUT2D eigenvalue weighted by Crippen LogP contribution is 2.29. The molecule has 0 aromatic carbocycles. The highest BCUT2D eigenvalue weighted by atomic mass is 16.5. The van der Waals surface area contributed by atoms with E-state index in [-0.39, 0.29) is 0 Å². The summed E-state index contributed by atoms with van der Waals surface area (Å²) in [6.07, 6.45) is 7.98. The van der Waals surface area contributed by atoms with Crippen LogP contribution < -0.4 is 5.32 Å². The molecule has 2 atom stereocenters. The maximum absolute atomic E-state index is 5.17. The summed E-state index contributed by atoms with van der Waals surface area (Å²) >= 11 is 0. The Balaban J connectivity index is 1.82. The van der Waals surface area contributed by atoms with Crippen LogP contribution in [0.4, 0.5) is 0 Å². The predicted octanol–water partition coefficient (Wildman–Crippen LogP) is 2.02. The van der Waals surface area contributed by atoms with Gasteiger partial charge in [-0.15, -0.1) is 0 Å². The van der Waals surface area contributed by atoms with Gasteiger partial charge in [0.1, 0.15) is 0 Å². The fourth-order valence-electron chi connectivity index (χ4n) is 3.50. The standard InChI is InChI=1S/C14H28N2O/c1-3-7-16(8-4-9-17-2)14-10-12-5-6-13(11-14)15-12/h12-15H,3-11H2,1-2H3. The molecule has 2 aliphatic heterocycles. The van der Waals surface area contributed by atoms with Crippen molar-refractivity contribution in [3.63, 3.8) is 0 Å². The molecule has 0 radical (unpaired) electrons. The van der Waals surface area contributed by atoms with Crippen LogP contribution in [0.2, 0.25) is 0 Å². The summed E-state index contributed by atoms with van der Waals surface area (Å²) in [7, 11) is 1.80. The summed E-state index contributed by atoms with van der Waals surface area (Å²) in [4.78, 5) is 2.71. The lowest BCUT2D eigenvalue weighted by molar-refractivity contribution is 0.119. The Morgan fingerprint density at radius 1 is 1.18 bits per heavy atom. The Morgan fingerprint density at radius 3 is 2.47 bits per heavy atom. The van der Waals surface area contributed by atoms with Crippen LogP contribution in [0.15, 0.2) is 0 Å². The molecule has 17 heavy (non-hydrogen) atoms. The number of fused-ring (bicyclic) bond motifs is 2. The van der Waals surface area contributed by atoms with Crippen molar-refractivity contribution in [1.29, 1.82) is 0 Å². The van der Waals surface area contributed by atoms with E-state index < -0.39 is 0 Å². The van der Waals surface area contributed by atoms with E-state index in [4.69, 9.17) is 4.74 Å². The first-order valence-electron chi connectivity index (χ1n) is 7.32. The number of nitrogens with one attached hydrogen (secondary N) is 1. The van der Waals surface area contributed by atoms with Gasteiger partial charge in [0.05, 0.1) is 0 Å². The molecule has 2 rings (SSSR count). The molecule has 1 N–H and O–H groups in total. The van der Waals surface area contributed by atoms with Gasteiger partial charge in [-0.05, 0) is 45.1 Å². The summed E-state index contributed by atoms with van der Waals surface area (Å²) in [5.41, 5.74) is 0. The van der Waals surface area contributed by atoms with E-state index in [9.17, 15) is 0 Å². The van der Waals surface area contributed by atoms with E-state index in [1.165, 1.54) is 51.6 Å². The van der Waals surface area contributed by atoms with E-state index in [0.29, 0.717) is 0 Å². The molecular formula is C14H28N2O. The van der Waals surface area contributed by atoms with E-state index >= 15 is 0 Å². The molecule has 100 valence electrons. The molecule has 3 nitrogen and oxygen atoms in total. The van der Waals surface area contributed by atoms with Crippen molar-refractivity contribution in [2.24, 2.45) is 0 Å². The molecule has 0 saturated carbocycles. The number of hydrogen-bond acceptors (Lipinski definition) is 3. The van der Waals surface area contributed by atoms with Crippen LogP contribution in [-0.4, -0.2) is 49.8 Å². The third-order valence-corrected chi connectivity index (χ3v) is 4.27. The molecule has 2 fully saturated rings. The summed E-state index contributed by atoms with van der Waals surface area (Å²) in [6.45, 7) is 5.66. The molecule has 2 heterocycles. The number of methoxy groups -OCH3 is 1. The van der Waals surface area contributed by atoms with E-state index in [1.807, 2.05) is 0 Å². The second-order valence-electron chi connectivity index (χ2n) is 5.65. The van der Waals surface area contributed by atoms with Crippen LogP contribution in [0.25, 0.3) is 0 Å². The zero-order chi connectivity index (χ0) is 12.1. The first kappa shape index (κ1) is 13.3. The number of rotatable bonds is 7. The Labute approximate surface area is 106 Å². The van der Waals surface area contributed by atoms with Gasteiger partial charge < -0.3 is 15.0 Å². The molecule has 0 aromatic rings. The van der Waals surface area contributed by atoms with Crippen molar-refractivity contribution in [3.05, 3.63) is 0 Å². The molecule has 2 bridgehead atoms. The van der Waals surface area contributed by atoms with Gasteiger partial charge in [0.25, 0.3) is 0 Å². The largest absolute Gasteiger partial charge is 0.385 e. The number of nitrogens with zero attached hydrogens (tertiary/aromatic N) is 1. The van der Waals surface area contributed by atoms with Gasteiger partial charge >= 0.3 is 0 Å². The first-order chi connectivity index (χ1) is 8.33. The maximum atomic E-state index is 5.17. The summed E-state index contributed by atoms with van der Waals surface area (Å²) in [6, 6.07) is 2.44. The maximum Gasteiger partial charge on any atom is 0.0474 e. The van der Waals surface area contributed by atoms with Crippen molar-refractivity contribution < 1.29 is 4.74 Å². The minimum atomic E-state index is 0.806. The van der Waals surface area contributed by atoms with E-state index in [2.05, 4.69) is 17.1 Å². The number of piperidine rings is 1. The molecular weight excluding hydrogens is 212 g/mol. The topological polar surface area (TPSA) is 24.5 Å². The lowest BCUT2D eigenvalue weighted by atomic mass is 9.98. The molecule has 2 saturated heterocycles. The zero-order valence-electron chi connectivity index (χ0n) is 11.5. The Bertz CT molecular complexity index is 210. The molecule has 0 amide bonds. The quantitative estimate of drug-likeness (QED) is 0.689. The average Bonchev–Trinajstić information content (AvgIpc) is 2.67. The monoisotopic (exact) mass is 240 g/mol. The Hall–Kier alpha value is -0.120. The fraction of sp³-hybridized carbons (Fsp3) is 1.00. The highest BCUT2D eigenvalue weighted by molar-refractivity contribution is 4.95. The van der Waals surface area contributed by atoms with Crippen LogP contribution in [-0.2, 0) is 4.74 Å². The van der Waals surface area contributed by atoms with Gasteiger partial charge in [0, 0.05) is 38.4 Å². The molecule has 0 spiro atoms. The van der Waals surface area contributed by atoms with Crippen LogP contribution >= 0.6 is 0 Å². The number of hydrogen-bond donors (Lipinski definition) is 1. The van der Waals surface area contributed by atoms with Gasteiger partial charge in [0.2, 0.25) is 0 Å². The minimum absolute atomic E-state index is 0.806. The van der Waals surface area contributed by atoms with Crippen LogP contribution in [0, 0.1) is 0 Å². The van der Waals surface area contributed by atoms with Crippen LogP contribution in [0.1, 0.15) is 45.4 Å². The van der Waals surface area contributed by atoms with Gasteiger partial charge in [-0.2, -0.15) is 0 Å². The van der Waals surface area contributed by atoms with Gasteiger partial charge in [-0.3, -0.25) is 0 Å². The van der Waals surface area contributed by atoms with Crippen molar-refractivity contribution >= 4 is 0 Å². The normalized spacial score (nSPS) is 32.3. The molecule has 3 heteroatoms. The van der Waals surface area contributed by atoms with Gasteiger partial charge in [-0.25, -0.2) is 0 Å². The highest BCUT2D eigenvalue weighted by Gasteiger charge is 2.35. The van der Waals surface area contributed by atoms with Gasteiger partial charge in [-0.1, -0.05) is 6.92 Å². The Kier molecular flexibility index (Phi) is 5.26. The summed E-state index contributed by atoms with van der Waals surface area (Å²) < 4.78 is 5.17. The van der Waals surface area contributed by atoms with Gasteiger partial charge in [0.15, 0.2) is 0 Å². The lowest BCUT2D eigenvalue weighted by Gasteiger charge is -2.37. The first-order valence-corrected chi connectivity index (χ1v) is 7.32. The third kappa shape index (κ3) is 3.67. The summed E-state index contributed by atoms with van der Waals surface area (Å²) in [5.74, 6) is 0. The van der Waals surface area contributed by atoms with E-state index in [1.54, 1.807) is 7.11 Å².